The van der Waals surface area contributed by atoms with Gasteiger partial charge in [-0.05, 0) is 24.1 Å². The lowest BCUT2D eigenvalue weighted by molar-refractivity contribution is -0.150. The molecule has 2 rings (SSSR count). The molecule has 20 heavy (non-hydrogen) atoms. The lowest BCUT2D eigenvalue weighted by Gasteiger charge is -2.29. The fraction of sp³-hybridized carbons (Fsp3) is 0.500. The Hall–Kier alpha value is -1.28. The molecule has 1 atom stereocenters. The zero-order valence-electron chi connectivity index (χ0n) is 10.8. The average Bonchev–Trinajstić information content (AvgIpc) is 2.37. The van der Waals surface area contributed by atoms with Crippen molar-refractivity contribution in [2.75, 3.05) is 17.0 Å². The van der Waals surface area contributed by atoms with Crippen LogP contribution < -0.4 is 10.0 Å². The molecule has 112 valence electrons. The van der Waals surface area contributed by atoms with Gasteiger partial charge >= 0.3 is 6.18 Å². The summed E-state index contributed by atoms with van der Waals surface area (Å²) in [6, 6.07) is 4.32. The zero-order chi connectivity index (χ0) is 15.0. The van der Waals surface area contributed by atoms with E-state index in [0.29, 0.717) is 5.56 Å². The maximum absolute atomic E-state index is 13.0. The molecule has 0 amide bonds. The van der Waals surface area contributed by atoms with Gasteiger partial charge in [0.2, 0.25) is 10.0 Å². The third-order valence-electron chi connectivity index (χ3n) is 3.28. The van der Waals surface area contributed by atoms with Crippen molar-refractivity contribution in [3.8, 4) is 0 Å². The lowest BCUT2D eigenvalue weighted by Crippen LogP contribution is -2.37. The summed E-state index contributed by atoms with van der Waals surface area (Å²) in [5.41, 5.74) is 0.705. The number of benzene rings is 1. The summed E-state index contributed by atoms with van der Waals surface area (Å²) < 4.78 is 64.4. The molecule has 0 bridgehead atoms. The van der Waals surface area contributed by atoms with Crippen molar-refractivity contribution in [1.29, 1.82) is 0 Å². The predicted octanol–water partition coefficient (Wildman–Crippen LogP) is 2.20. The summed E-state index contributed by atoms with van der Waals surface area (Å²) >= 11 is 0. The first-order valence-electron chi connectivity index (χ1n) is 6.14. The molecule has 1 aliphatic rings. The average molecular weight is 308 g/mol. The van der Waals surface area contributed by atoms with E-state index >= 15 is 0 Å². The van der Waals surface area contributed by atoms with Crippen molar-refractivity contribution in [3.05, 3.63) is 29.3 Å². The van der Waals surface area contributed by atoms with Crippen LogP contribution >= 0.6 is 0 Å². The topological polar surface area (TPSA) is 58.2 Å². The Morgan fingerprint density at radius 2 is 2.10 bits per heavy atom. The molecule has 1 heterocycles. The fourth-order valence-corrected chi connectivity index (χ4v) is 2.88. The van der Waals surface area contributed by atoms with Crippen LogP contribution in [0.25, 0.3) is 0 Å². The highest BCUT2D eigenvalue weighted by Crippen LogP contribution is 2.40. The van der Waals surface area contributed by atoms with Crippen LogP contribution in [0, 0.1) is 0 Å². The summed E-state index contributed by atoms with van der Waals surface area (Å²) in [7, 11) is -3.52. The molecule has 0 fully saturated rings. The van der Waals surface area contributed by atoms with Gasteiger partial charge in [-0.2, -0.15) is 13.2 Å². The second kappa shape index (κ2) is 5.25. The van der Waals surface area contributed by atoms with Crippen LogP contribution in [0.5, 0.6) is 0 Å². The van der Waals surface area contributed by atoms with Crippen molar-refractivity contribution < 1.29 is 21.6 Å². The molecule has 1 aromatic carbocycles. The van der Waals surface area contributed by atoms with E-state index in [1.807, 2.05) is 0 Å². The summed E-state index contributed by atoms with van der Waals surface area (Å²) in [4.78, 5) is 0. The highest BCUT2D eigenvalue weighted by Gasteiger charge is 2.43. The number of hydrogen-bond acceptors (Lipinski definition) is 3. The molecule has 2 N–H and O–H groups in total. The van der Waals surface area contributed by atoms with Gasteiger partial charge in [-0.25, -0.2) is 8.42 Å². The molecule has 0 spiro atoms. The number of fused-ring (bicyclic) bond motifs is 1. The second-order valence-corrected chi connectivity index (χ2v) is 6.61. The smallest absolute Gasteiger partial charge is 0.312 e. The van der Waals surface area contributed by atoms with Gasteiger partial charge in [-0.15, -0.1) is 0 Å². The van der Waals surface area contributed by atoms with Crippen LogP contribution in [0.1, 0.15) is 24.0 Å². The van der Waals surface area contributed by atoms with E-state index in [1.165, 1.54) is 25.1 Å². The van der Waals surface area contributed by atoms with Crippen LogP contribution in [-0.4, -0.2) is 26.9 Å². The Kier molecular flexibility index (Phi) is 3.97. The van der Waals surface area contributed by atoms with Gasteiger partial charge in [0.05, 0.1) is 17.4 Å². The van der Waals surface area contributed by atoms with E-state index in [2.05, 4.69) is 10.0 Å². The van der Waals surface area contributed by atoms with Gasteiger partial charge in [0.15, 0.2) is 0 Å². The number of sulfonamides is 1. The highest BCUT2D eigenvalue weighted by molar-refractivity contribution is 7.92. The maximum atomic E-state index is 13.0. The number of alkyl halides is 3. The van der Waals surface area contributed by atoms with Gasteiger partial charge in [-0.3, -0.25) is 4.72 Å². The molecule has 0 saturated carbocycles. The predicted molar refractivity (Wildman–Crippen MR) is 70.0 cm³/mol. The number of halogens is 3. The SMILES string of the molecule is CCS(=O)(=O)Nc1cccc2c1CNCC2C(F)(F)F. The minimum atomic E-state index is -4.36. The normalized spacial score (nSPS) is 19.5. The third kappa shape index (κ3) is 3.06. The molecule has 0 radical (unpaired) electrons. The Labute approximate surface area is 115 Å². The first-order valence-corrected chi connectivity index (χ1v) is 7.79. The van der Waals surface area contributed by atoms with Crippen molar-refractivity contribution in [3.63, 3.8) is 0 Å². The maximum Gasteiger partial charge on any atom is 0.396 e. The molecular formula is C12H15F3N2O2S. The molecule has 1 unspecified atom stereocenters. The molecule has 0 saturated heterocycles. The molecule has 0 aliphatic carbocycles. The van der Waals surface area contributed by atoms with Gasteiger partial charge in [0.25, 0.3) is 0 Å². The molecular weight excluding hydrogens is 293 g/mol. The van der Waals surface area contributed by atoms with Gasteiger partial charge in [0, 0.05) is 13.1 Å². The van der Waals surface area contributed by atoms with Crippen LogP contribution in [0.3, 0.4) is 0 Å². The van der Waals surface area contributed by atoms with Crippen LogP contribution in [-0.2, 0) is 16.6 Å². The number of rotatable bonds is 3. The molecule has 0 aromatic heterocycles. The van der Waals surface area contributed by atoms with E-state index in [9.17, 15) is 21.6 Å². The first-order chi connectivity index (χ1) is 9.24. The summed E-state index contributed by atoms with van der Waals surface area (Å²) in [6.07, 6.45) is -4.36. The second-order valence-electron chi connectivity index (χ2n) is 4.60. The van der Waals surface area contributed by atoms with Gasteiger partial charge < -0.3 is 5.32 Å². The molecule has 8 heteroatoms. The van der Waals surface area contributed by atoms with Gasteiger partial charge in [0.1, 0.15) is 0 Å². The number of nitrogens with one attached hydrogen (secondary N) is 2. The highest BCUT2D eigenvalue weighted by atomic mass is 32.2. The third-order valence-corrected chi connectivity index (χ3v) is 4.57. The van der Waals surface area contributed by atoms with Crippen LogP contribution in [0.4, 0.5) is 18.9 Å². The lowest BCUT2D eigenvalue weighted by atomic mass is 9.89. The minimum Gasteiger partial charge on any atom is -0.312 e. The quantitative estimate of drug-likeness (QED) is 0.900. The van der Waals surface area contributed by atoms with Crippen LogP contribution in [0.15, 0.2) is 18.2 Å². The molecule has 4 nitrogen and oxygen atoms in total. The van der Waals surface area contributed by atoms with Crippen molar-refractivity contribution in [1.82, 2.24) is 5.32 Å². The molecule has 1 aliphatic heterocycles. The van der Waals surface area contributed by atoms with E-state index in [4.69, 9.17) is 0 Å². The van der Waals surface area contributed by atoms with Gasteiger partial charge in [-0.1, -0.05) is 12.1 Å². The van der Waals surface area contributed by atoms with E-state index in [-0.39, 0.29) is 30.1 Å². The Morgan fingerprint density at radius 3 is 2.70 bits per heavy atom. The summed E-state index contributed by atoms with van der Waals surface area (Å²) in [5, 5.41) is 2.69. The monoisotopic (exact) mass is 308 g/mol. The summed E-state index contributed by atoms with van der Waals surface area (Å²) in [6.45, 7) is 1.49. The first kappa shape index (κ1) is 15.1. The number of hydrogen-bond donors (Lipinski definition) is 2. The van der Waals surface area contributed by atoms with E-state index < -0.39 is 22.1 Å². The Morgan fingerprint density at radius 1 is 1.40 bits per heavy atom. The zero-order valence-corrected chi connectivity index (χ0v) is 11.6. The minimum absolute atomic E-state index is 0.132. The standard InChI is InChI=1S/C12H15F3N2O2S/c1-2-20(18,19)17-11-5-3-4-8-9(11)6-16-7-10(8)12(13,14)15/h3-5,10,16-17H,2,6-7H2,1H3. The Balaban J connectivity index is 2.44. The van der Waals surface area contributed by atoms with Crippen LogP contribution in [0.2, 0.25) is 0 Å². The van der Waals surface area contributed by atoms with Crippen molar-refractivity contribution in [2.45, 2.75) is 25.6 Å². The Bertz CT molecular complexity index is 599. The van der Waals surface area contributed by atoms with E-state index in [0.717, 1.165) is 0 Å². The molecule has 1 aromatic rings. The van der Waals surface area contributed by atoms with Crippen molar-refractivity contribution >= 4 is 15.7 Å². The van der Waals surface area contributed by atoms with E-state index in [1.54, 1.807) is 0 Å². The fourth-order valence-electron chi connectivity index (χ4n) is 2.21. The largest absolute Gasteiger partial charge is 0.396 e. The number of anilines is 1. The summed E-state index contributed by atoms with van der Waals surface area (Å²) in [5.74, 6) is -1.75. The van der Waals surface area contributed by atoms with Crippen molar-refractivity contribution in [2.24, 2.45) is 0 Å².